The van der Waals surface area contributed by atoms with Gasteiger partial charge in [-0.25, -0.2) is 8.42 Å². The summed E-state index contributed by atoms with van der Waals surface area (Å²) in [7, 11) is -9.21. The van der Waals surface area contributed by atoms with Gasteiger partial charge in [-0.3, -0.25) is 4.55 Å². The van der Waals surface area contributed by atoms with E-state index in [0.29, 0.717) is 35.5 Å². The van der Waals surface area contributed by atoms with Gasteiger partial charge in [0.05, 0.1) is 4.90 Å². The molecule has 0 spiro atoms. The first-order valence-electron chi connectivity index (χ1n) is 17.9. The number of aromatic hydroxyl groups is 1. The Bertz CT molecular complexity index is 1750. The topological polar surface area (TPSA) is 173 Å². The molecule has 4 rings (SSSR count). The molecular formula is C40H50CaO10S2. The minimum absolute atomic E-state index is 0. The maximum atomic E-state index is 11.9. The van der Waals surface area contributed by atoms with Crippen LogP contribution in [0.2, 0.25) is 0 Å². The van der Waals surface area contributed by atoms with Crippen molar-refractivity contribution in [1.82, 2.24) is 0 Å². The number of rotatable bonds is 20. The molecule has 0 radical (unpaired) electrons. The van der Waals surface area contributed by atoms with E-state index in [9.17, 15) is 36.2 Å². The fourth-order valence-corrected chi connectivity index (χ4v) is 7.27. The molecule has 0 unspecified atom stereocenters. The van der Waals surface area contributed by atoms with Gasteiger partial charge in [0.1, 0.15) is 43.8 Å². The number of phenolic OH excluding ortho intramolecular Hbond substituents is 1. The molecule has 10 nitrogen and oxygen atoms in total. The Morgan fingerprint density at radius 2 is 1.00 bits per heavy atom. The molecule has 0 bridgehead atoms. The summed E-state index contributed by atoms with van der Waals surface area (Å²) < 4.78 is 79.5. The van der Waals surface area contributed by atoms with Gasteiger partial charge in [0.15, 0.2) is 0 Å². The smallest absolute Gasteiger partial charge is 0.872 e. The summed E-state index contributed by atoms with van der Waals surface area (Å²) in [5.74, 6) is 0.580. The number of hydrogen-bond acceptors (Lipinski definition) is 9. The second kappa shape index (κ2) is 23.8. The zero-order valence-corrected chi connectivity index (χ0v) is 34.5. The first kappa shape index (κ1) is 46.3. The van der Waals surface area contributed by atoms with Gasteiger partial charge in [0.2, 0.25) is 0 Å². The SMILES string of the molecule is CCCCCCCCc1c(Oc2ccccc2)cc(O)cc1S(=O)(=O)O.CCCCCCCCc1c(Oc2ccccc2)cc([O-])cc1S(=O)(=O)[O-].[Ca+2]. The van der Waals surface area contributed by atoms with E-state index >= 15 is 0 Å². The van der Waals surface area contributed by atoms with Gasteiger partial charge in [-0.2, -0.15) is 8.42 Å². The van der Waals surface area contributed by atoms with Crippen LogP contribution in [0.1, 0.15) is 102 Å². The van der Waals surface area contributed by atoms with E-state index in [2.05, 4.69) is 13.8 Å². The third-order valence-electron chi connectivity index (χ3n) is 8.34. The molecule has 0 heterocycles. The van der Waals surface area contributed by atoms with Gasteiger partial charge in [-0.05, 0) is 56.0 Å². The molecule has 0 saturated carbocycles. The van der Waals surface area contributed by atoms with Crippen molar-refractivity contribution in [3.63, 3.8) is 0 Å². The van der Waals surface area contributed by atoms with Crippen molar-refractivity contribution in [3.8, 4) is 34.5 Å². The van der Waals surface area contributed by atoms with E-state index in [1.54, 1.807) is 48.5 Å². The molecule has 284 valence electrons. The Morgan fingerprint density at radius 1 is 0.585 bits per heavy atom. The van der Waals surface area contributed by atoms with Crippen molar-refractivity contribution in [2.75, 3.05) is 0 Å². The summed E-state index contributed by atoms with van der Waals surface area (Å²) in [5, 5.41) is 21.7. The zero-order chi connectivity index (χ0) is 38.0. The molecule has 0 amide bonds. The Morgan fingerprint density at radius 3 is 1.43 bits per heavy atom. The quantitative estimate of drug-likeness (QED) is 0.0499. The molecule has 53 heavy (non-hydrogen) atoms. The van der Waals surface area contributed by atoms with Crippen molar-refractivity contribution in [3.05, 3.63) is 96.1 Å². The number of hydrogen-bond donors (Lipinski definition) is 2. The Labute approximate surface area is 345 Å². The first-order chi connectivity index (χ1) is 24.8. The normalized spacial score (nSPS) is 11.2. The summed E-state index contributed by atoms with van der Waals surface area (Å²) in [4.78, 5) is -0.763. The standard InChI is InChI=1S/2C20H26O5S.Ca/c2*1-2-3-4-5-6-10-13-18-19(25-17-11-8-7-9-12-17)14-16(21)15-20(18)26(22,23)24;/h2*7-9,11-12,14-15,21H,2-6,10,13H2,1H3,(H,22,23,24);/q;;+2/p-2. The molecule has 4 aromatic carbocycles. The third-order valence-corrected chi connectivity index (χ3v) is 10.2. The van der Waals surface area contributed by atoms with Crippen molar-refractivity contribution in [2.45, 2.75) is 114 Å². The number of unbranched alkanes of at least 4 members (excludes halogenated alkanes) is 10. The number of para-hydroxylation sites is 2. The second-order valence-electron chi connectivity index (χ2n) is 12.6. The number of phenols is 1. The molecule has 2 N–H and O–H groups in total. The van der Waals surface area contributed by atoms with Crippen LogP contribution in [-0.4, -0.2) is 68.8 Å². The van der Waals surface area contributed by atoms with E-state index in [-0.39, 0.29) is 59.9 Å². The summed E-state index contributed by atoms with van der Waals surface area (Å²) in [6.07, 6.45) is 13.4. The summed E-state index contributed by atoms with van der Waals surface area (Å²) in [6, 6.07) is 22.3. The zero-order valence-electron chi connectivity index (χ0n) is 30.7. The van der Waals surface area contributed by atoms with Crippen LogP contribution < -0.4 is 14.6 Å². The van der Waals surface area contributed by atoms with Gasteiger partial charge in [0, 0.05) is 23.3 Å². The largest absolute Gasteiger partial charge is 2.00 e. The van der Waals surface area contributed by atoms with E-state index in [1.807, 2.05) is 12.1 Å². The van der Waals surface area contributed by atoms with E-state index in [4.69, 9.17) is 9.47 Å². The number of benzene rings is 4. The Kier molecular flexibility index (Phi) is 20.8. The molecule has 0 aromatic heterocycles. The fourth-order valence-electron chi connectivity index (χ4n) is 5.73. The molecule has 0 aliphatic carbocycles. The van der Waals surface area contributed by atoms with Gasteiger partial charge in [-0.1, -0.05) is 121 Å². The maximum Gasteiger partial charge on any atom is 2.00 e. The summed E-state index contributed by atoms with van der Waals surface area (Å²) in [6.45, 7) is 4.30. The third kappa shape index (κ3) is 16.6. The maximum absolute atomic E-state index is 11.9. The first-order valence-corrected chi connectivity index (χ1v) is 20.8. The molecule has 13 heteroatoms. The molecular weight excluding hydrogens is 745 g/mol. The van der Waals surface area contributed by atoms with E-state index < -0.39 is 30.9 Å². The van der Waals surface area contributed by atoms with Gasteiger partial charge in [-0.15, -0.1) is 5.75 Å². The van der Waals surface area contributed by atoms with Crippen LogP contribution in [0.3, 0.4) is 0 Å². The van der Waals surface area contributed by atoms with Crippen LogP contribution in [0.5, 0.6) is 34.5 Å². The van der Waals surface area contributed by atoms with Crippen LogP contribution >= 0.6 is 0 Å². The van der Waals surface area contributed by atoms with Gasteiger partial charge < -0.3 is 24.2 Å². The molecule has 0 aliphatic heterocycles. The second-order valence-corrected chi connectivity index (χ2v) is 15.4. The van der Waals surface area contributed by atoms with Crippen LogP contribution in [0.15, 0.2) is 94.7 Å². The van der Waals surface area contributed by atoms with Crippen molar-refractivity contribution < 1.29 is 45.6 Å². The average Bonchev–Trinajstić information content (AvgIpc) is 3.09. The van der Waals surface area contributed by atoms with Crippen LogP contribution in [-0.2, 0) is 33.1 Å². The molecule has 4 aromatic rings. The Balaban J connectivity index is 0.000000360. The van der Waals surface area contributed by atoms with Gasteiger partial charge in [0.25, 0.3) is 10.1 Å². The fraction of sp³-hybridized carbons (Fsp3) is 0.400. The van der Waals surface area contributed by atoms with Crippen molar-refractivity contribution in [2.24, 2.45) is 0 Å². The average molecular weight is 795 g/mol. The molecule has 0 fully saturated rings. The minimum atomic E-state index is -4.75. The number of ether oxygens (including phenoxy) is 2. The molecule has 0 saturated heterocycles. The minimum Gasteiger partial charge on any atom is -0.872 e. The monoisotopic (exact) mass is 794 g/mol. The van der Waals surface area contributed by atoms with E-state index in [0.717, 1.165) is 69.9 Å². The van der Waals surface area contributed by atoms with E-state index in [1.165, 1.54) is 31.4 Å². The Hall–Kier alpha value is -2.84. The van der Waals surface area contributed by atoms with Crippen LogP contribution in [0, 0.1) is 0 Å². The summed E-state index contributed by atoms with van der Waals surface area (Å²) in [5.41, 5.74) is 0.684. The van der Waals surface area contributed by atoms with Crippen LogP contribution in [0.4, 0.5) is 0 Å². The predicted molar refractivity (Wildman–Crippen MR) is 205 cm³/mol. The van der Waals surface area contributed by atoms with Crippen molar-refractivity contribution in [1.29, 1.82) is 0 Å². The van der Waals surface area contributed by atoms with Gasteiger partial charge >= 0.3 is 37.7 Å². The van der Waals surface area contributed by atoms with Crippen molar-refractivity contribution >= 4 is 58.0 Å². The summed E-state index contributed by atoms with van der Waals surface area (Å²) >= 11 is 0. The van der Waals surface area contributed by atoms with Crippen LogP contribution in [0.25, 0.3) is 0 Å². The predicted octanol–water partition coefficient (Wildman–Crippen LogP) is 9.31. The molecule has 0 aliphatic rings. The molecule has 0 atom stereocenters.